The van der Waals surface area contributed by atoms with Crippen LogP contribution in [0.5, 0.6) is 0 Å². The van der Waals surface area contributed by atoms with E-state index in [9.17, 15) is 4.39 Å². The van der Waals surface area contributed by atoms with E-state index in [0.717, 1.165) is 25.3 Å². The highest BCUT2D eigenvalue weighted by atomic mass is 19.1. The van der Waals surface area contributed by atoms with Gasteiger partial charge in [0.05, 0.1) is 18.0 Å². The van der Waals surface area contributed by atoms with Crippen molar-refractivity contribution in [2.45, 2.75) is 6.42 Å². The van der Waals surface area contributed by atoms with Crippen LogP contribution in [0.4, 0.5) is 10.1 Å². The molecule has 1 saturated heterocycles. The van der Waals surface area contributed by atoms with E-state index in [2.05, 4.69) is 20.8 Å². The number of ether oxygens (including phenoxy) is 1. The first-order valence-electron chi connectivity index (χ1n) is 6.17. The van der Waals surface area contributed by atoms with E-state index in [1.165, 1.54) is 17.1 Å². The normalized spacial score (nSPS) is 18.7. The summed E-state index contributed by atoms with van der Waals surface area (Å²) in [4.78, 5) is 0. The molecule has 1 aliphatic heterocycles. The molecule has 7 heteroatoms. The van der Waals surface area contributed by atoms with E-state index in [1.807, 2.05) is 0 Å². The molecular weight excluding hydrogens is 249 g/mol. The molecule has 1 aliphatic rings. The third-order valence-corrected chi connectivity index (χ3v) is 3.17. The lowest BCUT2D eigenvalue weighted by molar-refractivity contribution is 0.187. The molecule has 100 valence electrons. The van der Waals surface area contributed by atoms with Gasteiger partial charge in [-0.3, -0.25) is 0 Å². The van der Waals surface area contributed by atoms with Gasteiger partial charge in [0.1, 0.15) is 12.1 Å². The Morgan fingerprint density at radius 1 is 1.47 bits per heavy atom. The van der Waals surface area contributed by atoms with Gasteiger partial charge >= 0.3 is 0 Å². The molecule has 0 radical (unpaired) electrons. The summed E-state index contributed by atoms with van der Waals surface area (Å²) in [6.07, 6.45) is 2.49. The van der Waals surface area contributed by atoms with E-state index in [-0.39, 0.29) is 5.82 Å². The molecule has 1 unspecified atom stereocenters. The number of tetrazole rings is 1. The number of aromatic nitrogens is 4. The molecule has 2 heterocycles. The third-order valence-electron chi connectivity index (χ3n) is 3.17. The lowest BCUT2D eigenvalue weighted by atomic mass is 10.1. The van der Waals surface area contributed by atoms with Gasteiger partial charge in [-0.15, -0.1) is 5.10 Å². The second-order valence-electron chi connectivity index (χ2n) is 4.53. The average Bonchev–Trinajstić information content (AvgIpc) is 3.11. The van der Waals surface area contributed by atoms with Crippen molar-refractivity contribution in [3.63, 3.8) is 0 Å². The fourth-order valence-corrected chi connectivity index (χ4v) is 2.07. The van der Waals surface area contributed by atoms with Crippen LogP contribution in [0.3, 0.4) is 0 Å². The summed E-state index contributed by atoms with van der Waals surface area (Å²) in [6.45, 7) is 2.23. The Morgan fingerprint density at radius 2 is 2.42 bits per heavy atom. The second kappa shape index (κ2) is 5.31. The highest BCUT2D eigenvalue weighted by Crippen LogP contribution is 2.20. The predicted octanol–water partition coefficient (Wildman–Crippen LogP) is 1.25. The lowest BCUT2D eigenvalue weighted by Gasteiger charge is -2.12. The molecule has 0 saturated carbocycles. The first kappa shape index (κ1) is 12.0. The van der Waals surface area contributed by atoms with Gasteiger partial charge in [-0.25, -0.2) is 9.07 Å². The number of anilines is 1. The molecule has 1 aromatic heterocycles. The molecule has 1 N–H and O–H groups in total. The average molecular weight is 263 g/mol. The second-order valence-corrected chi connectivity index (χ2v) is 4.53. The third kappa shape index (κ3) is 2.70. The molecular formula is C12H14FN5O. The number of hydrogen-bond acceptors (Lipinski definition) is 5. The Labute approximate surface area is 109 Å². The van der Waals surface area contributed by atoms with Gasteiger partial charge < -0.3 is 10.1 Å². The van der Waals surface area contributed by atoms with E-state index in [0.29, 0.717) is 18.2 Å². The molecule has 1 fully saturated rings. The molecule has 0 aliphatic carbocycles. The quantitative estimate of drug-likeness (QED) is 0.899. The van der Waals surface area contributed by atoms with Gasteiger partial charge in [-0.1, -0.05) is 0 Å². The zero-order valence-corrected chi connectivity index (χ0v) is 10.3. The van der Waals surface area contributed by atoms with E-state index in [4.69, 9.17) is 4.74 Å². The molecule has 19 heavy (non-hydrogen) atoms. The SMILES string of the molecule is Fc1ccc(-n2cnnn2)cc1NCC1CCOC1. The van der Waals surface area contributed by atoms with Crippen LogP contribution in [0.2, 0.25) is 0 Å². The van der Waals surface area contributed by atoms with Crippen LogP contribution in [-0.4, -0.2) is 40.0 Å². The molecule has 0 bridgehead atoms. The summed E-state index contributed by atoms with van der Waals surface area (Å²) < 4.78 is 20.5. The van der Waals surface area contributed by atoms with Crippen molar-refractivity contribution in [2.75, 3.05) is 25.1 Å². The maximum atomic E-state index is 13.7. The molecule has 2 aromatic rings. The van der Waals surface area contributed by atoms with Gasteiger partial charge in [-0.2, -0.15) is 0 Å². The van der Waals surface area contributed by atoms with E-state index < -0.39 is 0 Å². The number of nitrogens with zero attached hydrogens (tertiary/aromatic N) is 4. The van der Waals surface area contributed by atoms with Crippen molar-refractivity contribution >= 4 is 5.69 Å². The molecule has 6 nitrogen and oxygen atoms in total. The summed E-state index contributed by atoms with van der Waals surface area (Å²) in [5.41, 5.74) is 1.18. The fraction of sp³-hybridized carbons (Fsp3) is 0.417. The van der Waals surface area contributed by atoms with Crippen molar-refractivity contribution in [3.8, 4) is 5.69 Å². The van der Waals surface area contributed by atoms with E-state index >= 15 is 0 Å². The summed E-state index contributed by atoms with van der Waals surface area (Å²) in [7, 11) is 0. The molecule has 0 spiro atoms. The van der Waals surface area contributed by atoms with Crippen molar-refractivity contribution in [1.82, 2.24) is 20.2 Å². The smallest absolute Gasteiger partial charge is 0.146 e. The summed E-state index contributed by atoms with van der Waals surface area (Å²) in [5, 5.41) is 14.0. The van der Waals surface area contributed by atoms with Crippen molar-refractivity contribution in [1.29, 1.82) is 0 Å². The first-order valence-corrected chi connectivity index (χ1v) is 6.17. The minimum atomic E-state index is -0.282. The highest BCUT2D eigenvalue weighted by Gasteiger charge is 2.16. The van der Waals surface area contributed by atoms with Gasteiger partial charge in [0.15, 0.2) is 0 Å². The fourth-order valence-electron chi connectivity index (χ4n) is 2.07. The molecule has 1 aromatic carbocycles. The summed E-state index contributed by atoms with van der Waals surface area (Å²) in [6, 6.07) is 4.74. The van der Waals surface area contributed by atoms with Crippen molar-refractivity contribution < 1.29 is 9.13 Å². The van der Waals surface area contributed by atoms with Crippen LogP contribution < -0.4 is 5.32 Å². The van der Waals surface area contributed by atoms with Crippen LogP contribution in [0, 0.1) is 11.7 Å². The van der Waals surface area contributed by atoms with Crippen LogP contribution in [0.1, 0.15) is 6.42 Å². The van der Waals surface area contributed by atoms with Crippen LogP contribution >= 0.6 is 0 Å². The van der Waals surface area contributed by atoms with Crippen LogP contribution in [0.15, 0.2) is 24.5 Å². The van der Waals surface area contributed by atoms with Crippen molar-refractivity contribution in [2.24, 2.45) is 5.92 Å². The molecule has 1 atom stereocenters. The zero-order valence-electron chi connectivity index (χ0n) is 10.3. The maximum absolute atomic E-state index is 13.7. The minimum absolute atomic E-state index is 0.282. The van der Waals surface area contributed by atoms with Crippen LogP contribution in [-0.2, 0) is 4.74 Å². The number of nitrogens with one attached hydrogen (secondary N) is 1. The Morgan fingerprint density at radius 3 is 3.16 bits per heavy atom. The number of benzene rings is 1. The standard InChI is InChI=1S/C12H14FN5O/c13-11-2-1-10(18-8-15-16-17-18)5-12(11)14-6-9-3-4-19-7-9/h1-2,5,8-9,14H,3-4,6-7H2. The van der Waals surface area contributed by atoms with Gasteiger partial charge in [0.2, 0.25) is 0 Å². The topological polar surface area (TPSA) is 64.9 Å². The number of halogens is 1. The van der Waals surface area contributed by atoms with Gasteiger partial charge in [0, 0.05) is 19.1 Å². The van der Waals surface area contributed by atoms with Gasteiger partial charge in [0.25, 0.3) is 0 Å². The first-order chi connectivity index (χ1) is 9.33. The van der Waals surface area contributed by atoms with Crippen molar-refractivity contribution in [3.05, 3.63) is 30.3 Å². The number of hydrogen-bond donors (Lipinski definition) is 1. The highest BCUT2D eigenvalue weighted by molar-refractivity contribution is 5.52. The van der Waals surface area contributed by atoms with Crippen LogP contribution in [0.25, 0.3) is 5.69 Å². The minimum Gasteiger partial charge on any atom is -0.382 e. The Bertz CT molecular complexity index is 539. The molecule has 0 amide bonds. The molecule has 3 rings (SSSR count). The van der Waals surface area contributed by atoms with Gasteiger partial charge in [-0.05, 0) is 35.0 Å². The predicted molar refractivity (Wildman–Crippen MR) is 66.5 cm³/mol. The summed E-state index contributed by atoms with van der Waals surface area (Å²) in [5.74, 6) is 0.159. The Balaban J connectivity index is 1.74. The number of rotatable bonds is 4. The summed E-state index contributed by atoms with van der Waals surface area (Å²) >= 11 is 0. The Hall–Kier alpha value is -2.02. The monoisotopic (exact) mass is 263 g/mol. The largest absolute Gasteiger partial charge is 0.382 e. The Kier molecular flexibility index (Phi) is 3.37. The zero-order chi connectivity index (χ0) is 13.1. The van der Waals surface area contributed by atoms with E-state index in [1.54, 1.807) is 12.1 Å². The maximum Gasteiger partial charge on any atom is 0.146 e. The lowest BCUT2D eigenvalue weighted by Crippen LogP contribution is -2.15.